The monoisotopic (exact) mass is 206 g/mol. The molecule has 0 spiro atoms. The van der Waals surface area contributed by atoms with Gasteiger partial charge in [0.05, 0.1) is 0 Å². The zero-order valence-electron chi connectivity index (χ0n) is 6.68. The van der Waals surface area contributed by atoms with Crippen molar-refractivity contribution in [3.8, 4) is 5.75 Å². The van der Waals surface area contributed by atoms with Gasteiger partial charge < -0.3 is 9.91 Å². The summed E-state index contributed by atoms with van der Waals surface area (Å²) >= 11 is 0. The van der Waals surface area contributed by atoms with E-state index in [2.05, 4.69) is 14.5 Å². The molecule has 1 aromatic carbocycles. The summed E-state index contributed by atoms with van der Waals surface area (Å²) in [7, 11) is -2.05. The van der Waals surface area contributed by atoms with E-state index in [0.717, 1.165) is 12.1 Å². The maximum absolute atomic E-state index is 12.5. The first-order valence-electron chi connectivity index (χ1n) is 3.39. The van der Waals surface area contributed by atoms with Crippen molar-refractivity contribution in [1.29, 1.82) is 0 Å². The number of benzene rings is 1. The van der Waals surface area contributed by atoms with Crippen LogP contribution in [0.1, 0.15) is 0 Å². The highest BCUT2D eigenvalue weighted by Gasteiger charge is 2.18. The average Bonchev–Trinajstić information content (AvgIpc) is 2.12. The van der Waals surface area contributed by atoms with Crippen molar-refractivity contribution in [2.75, 3.05) is 0 Å². The van der Waals surface area contributed by atoms with Crippen LogP contribution < -0.4 is 4.89 Å². The van der Waals surface area contributed by atoms with Gasteiger partial charge in [0.15, 0.2) is 5.75 Å². The molecule has 14 heavy (non-hydrogen) atoms. The van der Waals surface area contributed by atoms with Gasteiger partial charge in [-0.1, -0.05) is 0 Å². The van der Waals surface area contributed by atoms with Gasteiger partial charge in [-0.05, 0) is 0 Å². The SMILES string of the molecule is OOB(O)OOc1cc(F)cc(F)c1. The fourth-order valence-electron chi connectivity index (χ4n) is 0.691. The Morgan fingerprint density at radius 3 is 2.21 bits per heavy atom. The lowest BCUT2D eigenvalue weighted by molar-refractivity contribution is -0.229. The van der Waals surface area contributed by atoms with E-state index < -0.39 is 19.0 Å². The second-order valence-electron chi connectivity index (χ2n) is 2.20. The molecule has 0 fully saturated rings. The molecule has 0 aromatic heterocycles. The summed E-state index contributed by atoms with van der Waals surface area (Å²) in [5.41, 5.74) is 0. The van der Waals surface area contributed by atoms with E-state index >= 15 is 0 Å². The zero-order valence-corrected chi connectivity index (χ0v) is 6.68. The van der Waals surface area contributed by atoms with E-state index in [9.17, 15) is 8.78 Å². The van der Waals surface area contributed by atoms with E-state index in [1.54, 1.807) is 0 Å². The van der Waals surface area contributed by atoms with Crippen LogP contribution in [0.3, 0.4) is 0 Å². The molecule has 0 bridgehead atoms. The van der Waals surface area contributed by atoms with Crippen LogP contribution in [0.15, 0.2) is 18.2 Å². The Kier molecular flexibility index (Phi) is 3.78. The fraction of sp³-hybridized carbons (Fsp3) is 0. The van der Waals surface area contributed by atoms with E-state index in [1.807, 2.05) is 0 Å². The molecule has 1 rings (SSSR count). The fourth-order valence-corrected chi connectivity index (χ4v) is 0.691. The molecule has 0 aliphatic carbocycles. The summed E-state index contributed by atoms with van der Waals surface area (Å²) in [6.07, 6.45) is 0. The number of halogens is 2. The Morgan fingerprint density at radius 1 is 1.14 bits per heavy atom. The number of hydrogen-bond donors (Lipinski definition) is 2. The van der Waals surface area contributed by atoms with Crippen molar-refractivity contribution >= 4 is 7.32 Å². The summed E-state index contributed by atoms with van der Waals surface area (Å²) in [5, 5.41) is 16.3. The van der Waals surface area contributed by atoms with Crippen LogP contribution >= 0.6 is 0 Å². The summed E-state index contributed by atoms with van der Waals surface area (Å²) in [5.74, 6) is -2.07. The van der Waals surface area contributed by atoms with Crippen LogP contribution in [0.5, 0.6) is 5.75 Å². The summed E-state index contributed by atoms with van der Waals surface area (Å²) in [4.78, 5) is 11.4. The molecule has 0 aliphatic heterocycles. The minimum atomic E-state index is -2.05. The summed E-state index contributed by atoms with van der Waals surface area (Å²) < 4.78 is 25.0. The molecule has 1 aromatic rings. The van der Waals surface area contributed by atoms with Crippen LogP contribution in [0, 0.1) is 11.6 Å². The van der Waals surface area contributed by atoms with Crippen molar-refractivity contribution in [1.82, 2.24) is 0 Å². The smallest absolute Gasteiger partial charge is 0.398 e. The van der Waals surface area contributed by atoms with Gasteiger partial charge in [-0.3, -0.25) is 5.26 Å². The molecule has 0 saturated carbocycles. The summed E-state index contributed by atoms with van der Waals surface area (Å²) in [6.45, 7) is 0. The summed E-state index contributed by atoms with van der Waals surface area (Å²) in [6, 6.07) is 2.26. The average molecular weight is 206 g/mol. The lowest BCUT2D eigenvalue weighted by atomic mass is 10.3. The molecule has 76 valence electrons. The molecule has 8 heteroatoms. The molecule has 0 heterocycles. The van der Waals surface area contributed by atoms with Crippen LogP contribution in [0.25, 0.3) is 0 Å². The van der Waals surface area contributed by atoms with Crippen molar-refractivity contribution in [3.05, 3.63) is 29.8 Å². The molecular weight excluding hydrogens is 201 g/mol. The van der Waals surface area contributed by atoms with E-state index in [0.29, 0.717) is 6.07 Å². The third-order valence-corrected chi connectivity index (χ3v) is 1.15. The molecule has 2 N–H and O–H groups in total. The predicted octanol–water partition coefficient (Wildman–Crippen LogP) is 0.742. The van der Waals surface area contributed by atoms with Crippen LogP contribution in [0.4, 0.5) is 8.78 Å². The van der Waals surface area contributed by atoms with Gasteiger partial charge in [0.2, 0.25) is 0 Å². The highest BCUT2D eigenvalue weighted by Crippen LogP contribution is 2.15. The van der Waals surface area contributed by atoms with Crippen molar-refractivity contribution < 1.29 is 33.6 Å². The van der Waals surface area contributed by atoms with Gasteiger partial charge in [0.1, 0.15) is 11.6 Å². The molecular formula is C6H5BF2O5. The van der Waals surface area contributed by atoms with Gasteiger partial charge in [0.25, 0.3) is 0 Å². The highest BCUT2D eigenvalue weighted by molar-refractivity contribution is 6.33. The minimum Gasteiger partial charge on any atom is -0.398 e. The van der Waals surface area contributed by atoms with Crippen LogP contribution in [-0.2, 0) is 9.61 Å². The highest BCUT2D eigenvalue weighted by atomic mass is 19.1. The predicted molar refractivity (Wildman–Crippen MR) is 39.8 cm³/mol. The second-order valence-corrected chi connectivity index (χ2v) is 2.20. The minimum absolute atomic E-state index is 0.321. The number of hydrogen-bond acceptors (Lipinski definition) is 5. The lowest BCUT2D eigenvalue weighted by Gasteiger charge is -2.04. The Morgan fingerprint density at radius 2 is 1.71 bits per heavy atom. The second kappa shape index (κ2) is 4.87. The molecule has 0 atom stereocenters. The maximum Gasteiger partial charge on any atom is 0.703 e. The van der Waals surface area contributed by atoms with Crippen molar-refractivity contribution in [2.45, 2.75) is 0 Å². The largest absolute Gasteiger partial charge is 0.703 e. The van der Waals surface area contributed by atoms with Crippen molar-refractivity contribution in [3.63, 3.8) is 0 Å². The Labute approximate surface area is 77.5 Å². The third kappa shape index (κ3) is 3.26. The first-order chi connectivity index (χ1) is 6.61. The Balaban J connectivity index is 2.58. The molecule has 0 amide bonds. The molecule has 0 radical (unpaired) electrons. The maximum atomic E-state index is 12.5. The molecule has 0 saturated heterocycles. The first kappa shape index (κ1) is 10.9. The van der Waals surface area contributed by atoms with Crippen LogP contribution in [-0.4, -0.2) is 17.6 Å². The van der Waals surface area contributed by atoms with Gasteiger partial charge in [-0.25, -0.2) is 13.6 Å². The molecule has 5 nitrogen and oxygen atoms in total. The van der Waals surface area contributed by atoms with Gasteiger partial charge in [-0.2, -0.15) is 4.81 Å². The van der Waals surface area contributed by atoms with Crippen molar-refractivity contribution in [2.24, 2.45) is 0 Å². The van der Waals surface area contributed by atoms with E-state index in [4.69, 9.17) is 10.3 Å². The van der Waals surface area contributed by atoms with E-state index in [1.165, 1.54) is 0 Å². The van der Waals surface area contributed by atoms with Gasteiger partial charge >= 0.3 is 7.32 Å². The standard InChI is InChI=1S/C6H5BF2O5/c8-4-1-5(9)3-6(2-4)12-14-7(10)13-11/h1-3,10-11H. The Hall–Kier alpha value is -1.22. The van der Waals surface area contributed by atoms with E-state index in [-0.39, 0.29) is 5.75 Å². The topological polar surface area (TPSA) is 68.2 Å². The third-order valence-electron chi connectivity index (χ3n) is 1.15. The lowest BCUT2D eigenvalue weighted by Crippen LogP contribution is -2.22. The zero-order chi connectivity index (χ0) is 10.6. The van der Waals surface area contributed by atoms with Gasteiger partial charge in [-0.15, -0.1) is 0 Å². The molecule has 0 unspecified atom stereocenters. The normalized spacial score (nSPS) is 10.0. The quantitative estimate of drug-likeness (QED) is 0.432. The van der Waals surface area contributed by atoms with Crippen LogP contribution in [0.2, 0.25) is 0 Å². The van der Waals surface area contributed by atoms with Gasteiger partial charge in [0, 0.05) is 18.2 Å². The molecule has 0 aliphatic rings. The number of rotatable bonds is 4. The Bertz CT molecular complexity index is 290. The first-order valence-corrected chi connectivity index (χ1v) is 3.39.